The van der Waals surface area contributed by atoms with Gasteiger partial charge < -0.3 is 20.5 Å². The molecule has 0 saturated carbocycles. The van der Waals surface area contributed by atoms with Crippen molar-refractivity contribution in [2.45, 2.75) is 45.6 Å². The molecule has 3 N–H and O–H groups in total. The normalized spacial score (nSPS) is 16.6. The zero-order valence-electron chi connectivity index (χ0n) is 14.3. The molecule has 0 unspecified atom stereocenters. The summed E-state index contributed by atoms with van der Waals surface area (Å²) in [6, 6.07) is -0.589. The minimum atomic E-state index is -0.589. The van der Waals surface area contributed by atoms with E-state index in [4.69, 9.17) is 10.3 Å². The van der Waals surface area contributed by atoms with Crippen molar-refractivity contribution < 1.29 is 14.1 Å². The van der Waals surface area contributed by atoms with E-state index in [9.17, 15) is 9.59 Å². The van der Waals surface area contributed by atoms with Crippen LogP contribution in [0.25, 0.3) is 0 Å². The van der Waals surface area contributed by atoms with Gasteiger partial charge in [-0.1, -0.05) is 19.0 Å². The van der Waals surface area contributed by atoms with E-state index >= 15 is 0 Å². The molecule has 0 spiro atoms. The number of amides is 2. The van der Waals surface area contributed by atoms with Gasteiger partial charge in [-0.2, -0.15) is 4.98 Å². The summed E-state index contributed by atoms with van der Waals surface area (Å²) in [5, 5.41) is 6.41. The van der Waals surface area contributed by atoms with Crippen molar-refractivity contribution in [3.8, 4) is 0 Å². The Balaban J connectivity index is 0.00000288. The minimum Gasteiger partial charge on any atom is -0.346 e. The average molecular weight is 360 g/mol. The van der Waals surface area contributed by atoms with Gasteiger partial charge in [0.05, 0.1) is 12.6 Å². The third-order valence-corrected chi connectivity index (χ3v) is 4.18. The third kappa shape index (κ3) is 5.17. The maximum absolute atomic E-state index is 12.2. The Morgan fingerprint density at radius 1 is 1.38 bits per heavy atom. The molecule has 8 nitrogen and oxygen atoms in total. The number of nitrogens with zero attached hydrogens (tertiary/aromatic N) is 3. The summed E-state index contributed by atoms with van der Waals surface area (Å²) in [6.07, 6.45) is 1.57. The van der Waals surface area contributed by atoms with Crippen molar-refractivity contribution in [2.75, 3.05) is 19.6 Å². The number of halogens is 1. The van der Waals surface area contributed by atoms with E-state index in [0.717, 1.165) is 12.8 Å². The van der Waals surface area contributed by atoms with Gasteiger partial charge in [0, 0.05) is 19.0 Å². The van der Waals surface area contributed by atoms with Gasteiger partial charge in [0.25, 0.3) is 0 Å². The minimum absolute atomic E-state index is 0. The largest absolute Gasteiger partial charge is 0.346 e. The molecule has 1 aromatic rings. The molecule has 0 radical (unpaired) electrons. The molecule has 1 atom stereocenters. The second-order valence-corrected chi connectivity index (χ2v) is 6.32. The molecular formula is C15H26ClN5O3. The van der Waals surface area contributed by atoms with E-state index in [0.29, 0.717) is 24.8 Å². The van der Waals surface area contributed by atoms with Crippen LogP contribution in [-0.2, 0) is 9.59 Å². The van der Waals surface area contributed by atoms with Crippen molar-refractivity contribution in [1.82, 2.24) is 20.4 Å². The number of nitrogens with one attached hydrogen (secondary N) is 1. The van der Waals surface area contributed by atoms with Crippen LogP contribution in [0.1, 0.15) is 44.3 Å². The monoisotopic (exact) mass is 359 g/mol. The van der Waals surface area contributed by atoms with Crippen LogP contribution < -0.4 is 11.1 Å². The van der Waals surface area contributed by atoms with Crippen molar-refractivity contribution in [2.24, 2.45) is 11.7 Å². The number of rotatable bonds is 5. The zero-order valence-corrected chi connectivity index (χ0v) is 15.1. The molecule has 1 aliphatic heterocycles. The quantitative estimate of drug-likeness (QED) is 0.795. The van der Waals surface area contributed by atoms with Crippen molar-refractivity contribution in [1.29, 1.82) is 0 Å². The number of carbonyl (C=O) groups excluding carboxylic acids is 2. The molecule has 1 fully saturated rings. The fourth-order valence-corrected chi connectivity index (χ4v) is 2.55. The second-order valence-electron chi connectivity index (χ2n) is 6.32. The molecular weight excluding hydrogens is 334 g/mol. The highest BCUT2D eigenvalue weighted by Crippen LogP contribution is 2.26. The molecule has 9 heteroatoms. The van der Waals surface area contributed by atoms with E-state index in [1.807, 2.05) is 13.8 Å². The maximum atomic E-state index is 12.2. The van der Waals surface area contributed by atoms with Gasteiger partial charge in [-0.05, 0) is 25.7 Å². The van der Waals surface area contributed by atoms with Crippen LogP contribution in [0.2, 0.25) is 0 Å². The molecule has 1 aliphatic rings. The van der Waals surface area contributed by atoms with Gasteiger partial charge in [-0.3, -0.25) is 9.59 Å². The Morgan fingerprint density at radius 3 is 2.50 bits per heavy atom. The lowest BCUT2D eigenvalue weighted by Gasteiger charge is -2.30. The van der Waals surface area contributed by atoms with Crippen LogP contribution in [0, 0.1) is 12.8 Å². The molecule has 0 aromatic carbocycles. The maximum Gasteiger partial charge on any atom is 0.241 e. The summed E-state index contributed by atoms with van der Waals surface area (Å²) < 4.78 is 5.19. The first-order chi connectivity index (χ1) is 10.9. The van der Waals surface area contributed by atoms with E-state index in [2.05, 4.69) is 15.5 Å². The van der Waals surface area contributed by atoms with Crippen LogP contribution in [0.4, 0.5) is 0 Å². The number of hydrogen-bond donors (Lipinski definition) is 2. The average Bonchev–Trinajstić information content (AvgIpc) is 2.98. The fraction of sp³-hybridized carbons (Fsp3) is 0.733. The SMILES string of the molecule is Cc1noc(C2CCN(C(=O)CNC(=O)[C@@H](N)C(C)C)CC2)n1.Cl. The lowest BCUT2D eigenvalue weighted by molar-refractivity contribution is -0.134. The summed E-state index contributed by atoms with van der Waals surface area (Å²) >= 11 is 0. The summed E-state index contributed by atoms with van der Waals surface area (Å²) in [7, 11) is 0. The molecule has 136 valence electrons. The van der Waals surface area contributed by atoms with E-state index in [1.165, 1.54) is 0 Å². The predicted molar refractivity (Wildman–Crippen MR) is 90.7 cm³/mol. The molecule has 24 heavy (non-hydrogen) atoms. The molecule has 2 amide bonds. The van der Waals surface area contributed by atoms with Gasteiger partial charge in [0.1, 0.15) is 0 Å². The predicted octanol–water partition coefficient (Wildman–Crippen LogP) is 0.605. The first-order valence-corrected chi connectivity index (χ1v) is 7.99. The molecule has 0 aliphatic carbocycles. The molecule has 0 bridgehead atoms. The van der Waals surface area contributed by atoms with Crippen LogP contribution in [0.5, 0.6) is 0 Å². The van der Waals surface area contributed by atoms with Crippen molar-refractivity contribution in [3.63, 3.8) is 0 Å². The number of piperidine rings is 1. The standard InChI is InChI=1S/C15H25N5O3.ClH/c1-9(2)13(16)14(22)17-8-12(21)20-6-4-11(5-7-20)15-18-10(3)19-23-15;/h9,11,13H,4-8,16H2,1-3H3,(H,17,22);1H/t13-;/m0./s1. The van der Waals surface area contributed by atoms with Crippen LogP contribution in [0.3, 0.4) is 0 Å². The highest BCUT2D eigenvalue weighted by Gasteiger charge is 2.27. The molecule has 2 heterocycles. The molecule has 1 aromatic heterocycles. The number of likely N-dealkylation sites (tertiary alicyclic amines) is 1. The highest BCUT2D eigenvalue weighted by molar-refractivity contribution is 5.87. The van der Waals surface area contributed by atoms with Crippen molar-refractivity contribution >= 4 is 24.2 Å². The van der Waals surface area contributed by atoms with Gasteiger partial charge >= 0.3 is 0 Å². The number of hydrogen-bond acceptors (Lipinski definition) is 6. The summed E-state index contributed by atoms with van der Waals surface area (Å²) in [5.41, 5.74) is 5.75. The summed E-state index contributed by atoms with van der Waals surface area (Å²) in [5.74, 6) is 1.13. The van der Waals surface area contributed by atoms with Gasteiger partial charge in [0.15, 0.2) is 5.82 Å². The molecule has 2 rings (SSSR count). The van der Waals surface area contributed by atoms with Crippen LogP contribution in [0.15, 0.2) is 4.52 Å². The summed E-state index contributed by atoms with van der Waals surface area (Å²) in [4.78, 5) is 29.9. The smallest absolute Gasteiger partial charge is 0.241 e. The second kappa shape index (κ2) is 8.98. The first-order valence-electron chi connectivity index (χ1n) is 7.99. The molecule has 1 saturated heterocycles. The zero-order chi connectivity index (χ0) is 17.0. The fourth-order valence-electron chi connectivity index (χ4n) is 2.55. The first kappa shape index (κ1) is 20.4. The van der Waals surface area contributed by atoms with Crippen LogP contribution in [-0.4, -0.2) is 52.5 Å². The topological polar surface area (TPSA) is 114 Å². The number of carbonyl (C=O) groups is 2. The van der Waals surface area contributed by atoms with Crippen LogP contribution >= 0.6 is 12.4 Å². The van der Waals surface area contributed by atoms with E-state index < -0.39 is 6.04 Å². The Bertz CT molecular complexity index is 555. The van der Waals surface area contributed by atoms with E-state index in [1.54, 1.807) is 11.8 Å². The Morgan fingerprint density at radius 2 is 2.00 bits per heavy atom. The lowest BCUT2D eigenvalue weighted by Crippen LogP contribution is -2.49. The number of nitrogens with two attached hydrogens (primary N) is 1. The number of aromatic nitrogens is 2. The Hall–Kier alpha value is -1.67. The number of aryl methyl sites for hydroxylation is 1. The van der Waals surface area contributed by atoms with Crippen molar-refractivity contribution in [3.05, 3.63) is 11.7 Å². The Kier molecular flexibility index (Phi) is 7.62. The Labute approximate surface area is 147 Å². The lowest BCUT2D eigenvalue weighted by atomic mass is 9.96. The third-order valence-electron chi connectivity index (χ3n) is 4.18. The van der Waals surface area contributed by atoms with Gasteiger partial charge in [0.2, 0.25) is 17.7 Å². The van der Waals surface area contributed by atoms with Gasteiger partial charge in [-0.25, -0.2) is 0 Å². The van der Waals surface area contributed by atoms with Gasteiger partial charge in [-0.15, -0.1) is 12.4 Å². The van der Waals surface area contributed by atoms with E-state index in [-0.39, 0.29) is 42.6 Å². The highest BCUT2D eigenvalue weighted by atomic mass is 35.5. The summed E-state index contributed by atoms with van der Waals surface area (Å²) in [6.45, 7) is 6.76.